The number of likely N-dealkylation sites (N-methyl/N-ethyl adjacent to an activating group) is 1. The van der Waals surface area contributed by atoms with Crippen LogP contribution in [0, 0.1) is 0 Å². The lowest BCUT2D eigenvalue weighted by atomic mass is 9.98. The van der Waals surface area contributed by atoms with Gasteiger partial charge in [-0.1, -0.05) is 20.8 Å². The molecule has 0 atom stereocenters. The van der Waals surface area contributed by atoms with Gasteiger partial charge in [0.15, 0.2) is 0 Å². The highest BCUT2D eigenvalue weighted by atomic mass is 32.1. The zero-order chi connectivity index (χ0) is 15.5. The minimum absolute atomic E-state index is 0.0677. The Morgan fingerprint density at radius 2 is 2.14 bits per heavy atom. The maximum absolute atomic E-state index is 11.3. The minimum Gasteiger partial charge on any atom is -0.378 e. The van der Waals surface area contributed by atoms with Crippen LogP contribution in [0.3, 0.4) is 0 Å². The van der Waals surface area contributed by atoms with E-state index in [-0.39, 0.29) is 17.9 Å². The van der Waals surface area contributed by atoms with E-state index in [0.717, 1.165) is 10.7 Å². The van der Waals surface area contributed by atoms with Crippen LogP contribution in [-0.2, 0) is 23.3 Å². The van der Waals surface area contributed by atoms with Crippen molar-refractivity contribution in [2.75, 3.05) is 12.4 Å². The molecule has 6 nitrogen and oxygen atoms in total. The fourth-order valence-electron chi connectivity index (χ4n) is 1.69. The number of rotatable bonds is 5. The van der Waals surface area contributed by atoms with Crippen molar-refractivity contribution in [3.8, 4) is 0 Å². The van der Waals surface area contributed by atoms with Crippen LogP contribution in [0.2, 0.25) is 0 Å². The van der Waals surface area contributed by atoms with E-state index in [4.69, 9.17) is 0 Å². The average Bonchev–Trinajstić information content (AvgIpc) is 3.04. The fraction of sp³-hybridized carbons (Fsp3) is 0.500. The van der Waals surface area contributed by atoms with Gasteiger partial charge in [-0.25, -0.2) is 4.98 Å². The standard InChI is InChI=1S/C14H21N5OS/c1-14(2,3)13-17-7-11(21-13)6-16-10-5-18-19(8-10)9-12(20)15-4/h5,7-8,16H,6,9H2,1-4H3,(H,15,20). The molecule has 114 valence electrons. The number of nitrogens with zero attached hydrogens (tertiary/aromatic N) is 3. The maximum Gasteiger partial charge on any atom is 0.241 e. The molecule has 0 aliphatic carbocycles. The molecule has 2 rings (SSSR count). The van der Waals surface area contributed by atoms with E-state index in [2.05, 4.69) is 41.5 Å². The van der Waals surface area contributed by atoms with Crippen molar-refractivity contribution in [1.82, 2.24) is 20.1 Å². The topological polar surface area (TPSA) is 71.8 Å². The summed E-state index contributed by atoms with van der Waals surface area (Å²) in [5.74, 6) is -0.0677. The number of amides is 1. The molecule has 7 heteroatoms. The zero-order valence-corrected chi connectivity index (χ0v) is 13.6. The van der Waals surface area contributed by atoms with Gasteiger partial charge in [0.2, 0.25) is 5.91 Å². The molecule has 0 aliphatic heterocycles. The van der Waals surface area contributed by atoms with Gasteiger partial charge in [0.25, 0.3) is 0 Å². The first-order valence-electron chi connectivity index (χ1n) is 6.80. The van der Waals surface area contributed by atoms with Gasteiger partial charge in [0.05, 0.1) is 23.4 Å². The second-order valence-corrected chi connectivity index (χ2v) is 6.95. The quantitative estimate of drug-likeness (QED) is 0.886. The van der Waals surface area contributed by atoms with E-state index < -0.39 is 0 Å². The van der Waals surface area contributed by atoms with E-state index >= 15 is 0 Å². The molecule has 0 aliphatic rings. The molecule has 2 N–H and O–H groups in total. The van der Waals surface area contributed by atoms with Crippen molar-refractivity contribution in [2.24, 2.45) is 0 Å². The second-order valence-electron chi connectivity index (χ2n) is 5.84. The normalized spacial score (nSPS) is 11.4. The summed E-state index contributed by atoms with van der Waals surface area (Å²) >= 11 is 1.72. The highest BCUT2D eigenvalue weighted by Crippen LogP contribution is 2.27. The van der Waals surface area contributed by atoms with Crippen LogP contribution < -0.4 is 10.6 Å². The summed E-state index contributed by atoms with van der Waals surface area (Å²) in [5, 5.41) is 11.1. The molecule has 21 heavy (non-hydrogen) atoms. The van der Waals surface area contributed by atoms with Crippen molar-refractivity contribution in [3.63, 3.8) is 0 Å². The number of carbonyl (C=O) groups is 1. The lowest BCUT2D eigenvalue weighted by molar-refractivity contribution is -0.121. The summed E-state index contributed by atoms with van der Waals surface area (Å²) in [5.41, 5.74) is 0.978. The maximum atomic E-state index is 11.3. The third kappa shape index (κ3) is 4.29. The highest BCUT2D eigenvalue weighted by Gasteiger charge is 2.17. The number of nitrogens with one attached hydrogen (secondary N) is 2. The predicted octanol–water partition coefficient (Wildman–Crippen LogP) is 2.00. The number of aromatic nitrogens is 3. The number of anilines is 1. The summed E-state index contributed by atoms with van der Waals surface area (Å²) in [6.07, 6.45) is 5.45. The van der Waals surface area contributed by atoms with E-state index in [9.17, 15) is 4.79 Å². The molecule has 2 aromatic rings. The SMILES string of the molecule is CNC(=O)Cn1cc(NCc2cnc(C(C)(C)C)s2)cn1. The van der Waals surface area contributed by atoms with Crippen molar-refractivity contribution in [3.05, 3.63) is 28.5 Å². The molecular weight excluding hydrogens is 286 g/mol. The molecule has 2 heterocycles. The first-order chi connectivity index (χ1) is 9.88. The lowest BCUT2D eigenvalue weighted by Gasteiger charge is -2.13. The van der Waals surface area contributed by atoms with Crippen LogP contribution in [0.25, 0.3) is 0 Å². The summed E-state index contributed by atoms with van der Waals surface area (Å²) < 4.78 is 1.61. The molecule has 2 aromatic heterocycles. The van der Waals surface area contributed by atoms with Crippen LogP contribution in [0.4, 0.5) is 5.69 Å². The van der Waals surface area contributed by atoms with Gasteiger partial charge in [-0.3, -0.25) is 9.48 Å². The first-order valence-corrected chi connectivity index (χ1v) is 7.62. The second kappa shape index (κ2) is 6.26. The number of carbonyl (C=O) groups excluding carboxylic acids is 1. The Balaban J connectivity index is 1.91. The number of hydrogen-bond donors (Lipinski definition) is 2. The van der Waals surface area contributed by atoms with Crippen molar-refractivity contribution in [2.45, 2.75) is 39.3 Å². The fourth-order valence-corrected chi connectivity index (χ4v) is 2.60. The van der Waals surface area contributed by atoms with Gasteiger partial charge >= 0.3 is 0 Å². The Kier molecular flexibility index (Phi) is 4.62. The molecule has 0 radical (unpaired) electrons. The van der Waals surface area contributed by atoms with E-state index in [0.29, 0.717) is 6.54 Å². The molecule has 0 saturated carbocycles. The van der Waals surface area contributed by atoms with Gasteiger partial charge in [-0.05, 0) is 0 Å². The minimum atomic E-state index is -0.0677. The summed E-state index contributed by atoms with van der Waals surface area (Å²) in [6, 6.07) is 0. The molecule has 0 bridgehead atoms. The highest BCUT2D eigenvalue weighted by molar-refractivity contribution is 7.11. The van der Waals surface area contributed by atoms with Crippen LogP contribution in [0.1, 0.15) is 30.7 Å². The third-order valence-corrected chi connectivity index (χ3v) is 4.30. The molecule has 0 aromatic carbocycles. The van der Waals surface area contributed by atoms with E-state index in [1.54, 1.807) is 29.3 Å². The Hall–Kier alpha value is -1.89. The van der Waals surface area contributed by atoms with Gasteiger partial charge in [-0.2, -0.15) is 5.10 Å². The van der Waals surface area contributed by atoms with Crippen LogP contribution in [0.5, 0.6) is 0 Å². The smallest absolute Gasteiger partial charge is 0.241 e. The Morgan fingerprint density at radius 3 is 2.76 bits per heavy atom. The van der Waals surface area contributed by atoms with Gasteiger partial charge in [0, 0.05) is 29.7 Å². The number of hydrogen-bond acceptors (Lipinski definition) is 5. The molecule has 0 saturated heterocycles. The Morgan fingerprint density at radius 1 is 1.38 bits per heavy atom. The monoisotopic (exact) mass is 307 g/mol. The molecule has 0 spiro atoms. The molecular formula is C14H21N5OS. The average molecular weight is 307 g/mol. The molecule has 0 fully saturated rings. The van der Waals surface area contributed by atoms with Crippen LogP contribution >= 0.6 is 11.3 Å². The Labute approximate surface area is 128 Å². The molecule has 1 amide bonds. The van der Waals surface area contributed by atoms with E-state index in [1.165, 1.54) is 4.88 Å². The van der Waals surface area contributed by atoms with Crippen molar-refractivity contribution >= 4 is 22.9 Å². The van der Waals surface area contributed by atoms with Gasteiger partial charge < -0.3 is 10.6 Å². The zero-order valence-electron chi connectivity index (χ0n) is 12.8. The van der Waals surface area contributed by atoms with Crippen LogP contribution in [-0.4, -0.2) is 27.7 Å². The van der Waals surface area contributed by atoms with Gasteiger partial charge in [0.1, 0.15) is 6.54 Å². The van der Waals surface area contributed by atoms with Gasteiger partial charge in [-0.15, -0.1) is 11.3 Å². The summed E-state index contributed by atoms with van der Waals surface area (Å²) in [6.45, 7) is 7.41. The third-order valence-electron chi connectivity index (χ3n) is 2.88. The Bertz CT molecular complexity index is 611. The lowest BCUT2D eigenvalue weighted by Crippen LogP contribution is -2.23. The predicted molar refractivity (Wildman–Crippen MR) is 84.4 cm³/mol. The number of thiazole rings is 1. The van der Waals surface area contributed by atoms with Crippen molar-refractivity contribution in [1.29, 1.82) is 0 Å². The van der Waals surface area contributed by atoms with Crippen LogP contribution in [0.15, 0.2) is 18.6 Å². The first kappa shape index (κ1) is 15.5. The summed E-state index contributed by atoms with van der Waals surface area (Å²) in [7, 11) is 1.61. The van der Waals surface area contributed by atoms with Crippen molar-refractivity contribution < 1.29 is 4.79 Å². The molecule has 0 unspecified atom stereocenters. The summed E-state index contributed by atoms with van der Waals surface area (Å²) in [4.78, 5) is 16.9. The van der Waals surface area contributed by atoms with E-state index in [1.807, 2.05) is 12.4 Å². The largest absolute Gasteiger partial charge is 0.378 e.